The normalized spacial score (nSPS) is 12.9. The third-order valence-electron chi connectivity index (χ3n) is 4.54. The van der Waals surface area contributed by atoms with E-state index in [-0.39, 0.29) is 5.75 Å². The van der Waals surface area contributed by atoms with Gasteiger partial charge >= 0.3 is 6.09 Å². The zero-order valence-electron chi connectivity index (χ0n) is 17.9. The number of aryl methyl sites for hydroxylation is 1. The van der Waals surface area contributed by atoms with E-state index in [1.54, 1.807) is 36.4 Å². The summed E-state index contributed by atoms with van der Waals surface area (Å²) in [5.74, 6) is -0.656. The molecule has 0 saturated heterocycles. The number of amides is 2. The van der Waals surface area contributed by atoms with Gasteiger partial charge in [0.15, 0.2) is 6.10 Å². The number of aromatic hydroxyl groups is 1. The summed E-state index contributed by atoms with van der Waals surface area (Å²) >= 11 is 2.11. The molecule has 0 aromatic heterocycles. The highest BCUT2D eigenvalue weighted by molar-refractivity contribution is 14.1. The maximum Gasteiger partial charge on any atom is 0.412 e. The second-order valence-electron chi connectivity index (χ2n) is 6.97. The first-order valence-electron chi connectivity index (χ1n) is 10.1. The lowest BCUT2D eigenvalue weighted by Gasteiger charge is -2.28. The first kappa shape index (κ1) is 25.6. The number of hydroxylamine groups is 1. The van der Waals surface area contributed by atoms with Crippen molar-refractivity contribution in [1.29, 1.82) is 0 Å². The molecule has 0 spiro atoms. The molecule has 2 rings (SSSR count). The Bertz CT molecular complexity index is 933. The van der Waals surface area contributed by atoms with Crippen molar-refractivity contribution in [3.05, 3.63) is 69.3 Å². The van der Waals surface area contributed by atoms with E-state index in [0.29, 0.717) is 30.7 Å². The molecule has 172 valence electrons. The largest absolute Gasteiger partial charge is 0.508 e. The molecule has 2 atom stereocenters. The number of halogens is 1. The highest BCUT2D eigenvalue weighted by Gasteiger charge is 2.30. The molecule has 0 aliphatic rings. The molecule has 4 N–H and O–H groups in total. The van der Waals surface area contributed by atoms with Crippen LogP contribution in [0.1, 0.15) is 37.0 Å². The standard InChI is InChI=1S/C23H27IN2O6/c1-3-31-20(6-4-5-7-21(28)26-30)22(18-14-16(24)10-13-19(18)27)32-23(29)25-17-11-8-15(2)9-12-17/h5,7-14,20,22,27,30H,3-4,6H2,1-2H3,(H,25,29)(H,26,28)/b7-5+/t20-,22-/m1/s1. The second-order valence-corrected chi connectivity index (χ2v) is 8.22. The van der Waals surface area contributed by atoms with E-state index < -0.39 is 24.2 Å². The first-order chi connectivity index (χ1) is 15.3. The van der Waals surface area contributed by atoms with Gasteiger partial charge in [0.2, 0.25) is 0 Å². The van der Waals surface area contributed by atoms with Crippen LogP contribution in [-0.2, 0) is 14.3 Å². The summed E-state index contributed by atoms with van der Waals surface area (Å²) in [6, 6.07) is 12.3. The van der Waals surface area contributed by atoms with Gasteiger partial charge in [-0.3, -0.25) is 15.3 Å². The zero-order chi connectivity index (χ0) is 23.5. The zero-order valence-corrected chi connectivity index (χ0v) is 20.0. The van der Waals surface area contributed by atoms with Gasteiger partial charge in [-0.2, -0.15) is 0 Å². The molecule has 8 nitrogen and oxygen atoms in total. The Morgan fingerprint density at radius 3 is 2.56 bits per heavy atom. The fourth-order valence-electron chi connectivity index (χ4n) is 3.02. The second kappa shape index (κ2) is 13.0. The van der Waals surface area contributed by atoms with Crippen LogP contribution in [0, 0.1) is 10.5 Å². The van der Waals surface area contributed by atoms with Crippen LogP contribution in [0.25, 0.3) is 0 Å². The van der Waals surface area contributed by atoms with Gasteiger partial charge in [0.25, 0.3) is 5.91 Å². The summed E-state index contributed by atoms with van der Waals surface area (Å²) in [6.07, 6.45) is 1.43. The Labute approximate surface area is 200 Å². The van der Waals surface area contributed by atoms with Crippen LogP contribution in [-0.4, -0.2) is 35.0 Å². The van der Waals surface area contributed by atoms with Crippen LogP contribution in [0.2, 0.25) is 0 Å². The van der Waals surface area contributed by atoms with E-state index >= 15 is 0 Å². The minimum Gasteiger partial charge on any atom is -0.508 e. The van der Waals surface area contributed by atoms with E-state index in [0.717, 1.165) is 9.13 Å². The molecule has 0 aliphatic carbocycles. The van der Waals surface area contributed by atoms with Gasteiger partial charge < -0.3 is 14.6 Å². The van der Waals surface area contributed by atoms with Crippen LogP contribution in [0.3, 0.4) is 0 Å². The molecular weight excluding hydrogens is 527 g/mol. The van der Waals surface area contributed by atoms with Crippen LogP contribution >= 0.6 is 22.6 Å². The lowest BCUT2D eigenvalue weighted by Crippen LogP contribution is -2.29. The maximum absolute atomic E-state index is 12.7. The molecule has 0 radical (unpaired) electrons. The predicted molar refractivity (Wildman–Crippen MR) is 129 cm³/mol. The number of hydrogen-bond donors (Lipinski definition) is 4. The number of benzene rings is 2. The average Bonchev–Trinajstić information content (AvgIpc) is 2.77. The number of allylic oxidation sites excluding steroid dienone is 1. The average molecular weight is 554 g/mol. The number of hydrogen-bond acceptors (Lipinski definition) is 6. The lowest BCUT2D eigenvalue weighted by atomic mass is 9.99. The fourth-order valence-corrected chi connectivity index (χ4v) is 3.53. The van der Waals surface area contributed by atoms with Gasteiger partial charge in [-0.05, 0) is 79.6 Å². The van der Waals surface area contributed by atoms with Crippen molar-refractivity contribution < 1.29 is 29.4 Å². The lowest BCUT2D eigenvalue weighted by molar-refractivity contribution is -0.124. The topological polar surface area (TPSA) is 117 Å². The van der Waals surface area contributed by atoms with Crippen molar-refractivity contribution in [3.8, 4) is 5.75 Å². The van der Waals surface area contributed by atoms with Gasteiger partial charge in [0, 0.05) is 27.5 Å². The summed E-state index contributed by atoms with van der Waals surface area (Å²) in [4.78, 5) is 23.8. The third kappa shape index (κ3) is 8.13. The van der Waals surface area contributed by atoms with Crippen molar-refractivity contribution in [2.45, 2.75) is 38.9 Å². The summed E-state index contributed by atoms with van der Waals surface area (Å²) in [5, 5.41) is 21.7. The fraction of sp³-hybridized carbons (Fsp3) is 0.304. The molecule has 2 aromatic carbocycles. The van der Waals surface area contributed by atoms with Gasteiger partial charge in [0.1, 0.15) is 5.75 Å². The number of nitrogens with one attached hydrogen (secondary N) is 2. The van der Waals surface area contributed by atoms with Crippen LogP contribution < -0.4 is 10.8 Å². The minimum atomic E-state index is -0.893. The monoisotopic (exact) mass is 554 g/mol. The van der Waals surface area contributed by atoms with Crippen LogP contribution in [0.4, 0.5) is 10.5 Å². The number of phenolic OH excluding ortho intramolecular Hbond substituents is 1. The van der Waals surface area contributed by atoms with Crippen molar-refractivity contribution in [1.82, 2.24) is 5.48 Å². The number of phenols is 1. The molecule has 9 heteroatoms. The predicted octanol–water partition coefficient (Wildman–Crippen LogP) is 4.84. The van der Waals surface area contributed by atoms with Gasteiger partial charge in [-0.15, -0.1) is 0 Å². The van der Waals surface area contributed by atoms with E-state index in [1.807, 2.05) is 26.0 Å². The number of rotatable bonds is 10. The van der Waals surface area contributed by atoms with E-state index in [2.05, 4.69) is 27.9 Å². The summed E-state index contributed by atoms with van der Waals surface area (Å²) in [6.45, 7) is 4.12. The Morgan fingerprint density at radius 1 is 1.19 bits per heavy atom. The highest BCUT2D eigenvalue weighted by atomic mass is 127. The van der Waals surface area contributed by atoms with Crippen molar-refractivity contribution in [2.75, 3.05) is 11.9 Å². The van der Waals surface area contributed by atoms with Crippen LogP contribution in [0.5, 0.6) is 5.75 Å². The van der Waals surface area contributed by atoms with E-state index in [9.17, 15) is 14.7 Å². The number of anilines is 1. The third-order valence-corrected chi connectivity index (χ3v) is 5.21. The summed E-state index contributed by atoms with van der Waals surface area (Å²) < 4.78 is 12.4. The molecule has 0 saturated carbocycles. The summed E-state index contributed by atoms with van der Waals surface area (Å²) in [7, 11) is 0. The molecule has 0 bridgehead atoms. The minimum absolute atomic E-state index is 0.0153. The molecule has 2 amide bonds. The van der Waals surface area contributed by atoms with Gasteiger partial charge in [-0.1, -0.05) is 23.8 Å². The molecular formula is C23H27IN2O6. The Hall–Kier alpha value is -2.63. The quantitative estimate of drug-likeness (QED) is 0.145. The van der Waals surface area contributed by atoms with Crippen molar-refractivity contribution >= 4 is 40.3 Å². The number of ether oxygens (including phenoxy) is 2. The molecule has 0 aliphatic heterocycles. The SMILES string of the molecule is CCO[C@H](CC/C=C/C(=O)NO)[C@H](OC(=O)Nc1ccc(C)cc1)c1cc(I)ccc1O. The Balaban J connectivity index is 2.25. The maximum atomic E-state index is 12.7. The molecule has 2 aromatic rings. The number of carbonyl (C=O) groups is 2. The van der Waals surface area contributed by atoms with E-state index in [4.69, 9.17) is 14.7 Å². The summed E-state index contributed by atoms with van der Waals surface area (Å²) in [5.41, 5.74) is 3.59. The van der Waals surface area contributed by atoms with Gasteiger partial charge in [0.05, 0.1) is 6.10 Å². The van der Waals surface area contributed by atoms with Crippen LogP contribution in [0.15, 0.2) is 54.6 Å². The molecule has 0 fully saturated rings. The van der Waals surface area contributed by atoms with E-state index in [1.165, 1.54) is 11.6 Å². The molecule has 32 heavy (non-hydrogen) atoms. The Morgan fingerprint density at radius 2 is 1.91 bits per heavy atom. The highest BCUT2D eigenvalue weighted by Crippen LogP contribution is 2.34. The first-order valence-corrected chi connectivity index (χ1v) is 11.2. The Kier molecular flexibility index (Phi) is 10.4. The number of carbonyl (C=O) groups excluding carboxylic acids is 2. The smallest absolute Gasteiger partial charge is 0.412 e. The van der Waals surface area contributed by atoms with Crippen molar-refractivity contribution in [2.24, 2.45) is 0 Å². The van der Waals surface area contributed by atoms with Crippen molar-refractivity contribution in [3.63, 3.8) is 0 Å². The molecule has 0 heterocycles. The molecule has 0 unspecified atom stereocenters. The van der Waals surface area contributed by atoms with Gasteiger partial charge in [-0.25, -0.2) is 10.3 Å².